The normalized spacial score (nSPS) is 10.2. The lowest BCUT2D eigenvalue weighted by Gasteiger charge is -2.08. The summed E-state index contributed by atoms with van der Waals surface area (Å²) in [5.74, 6) is 0.752. The van der Waals surface area contributed by atoms with Crippen LogP contribution in [0.25, 0.3) is 0 Å². The molecule has 0 aliphatic rings. The number of rotatable bonds is 6. The van der Waals surface area contributed by atoms with E-state index in [1.807, 2.05) is 42.5 Å². The topological polar surface area (TPSA) is 38.3 Å². The molecule has 0 saturated heterocycles. The van der Waals surface area contributed by atoms with Crippen molar-refractivity contribution in [1.82, 2.24) is 5.32 Å². The fourth-order valence-corrected chi connectivity index (χ4v) is 2.30. The number of halogens is 1. The van der Waals surface area contributed by atoms with Gasteiger partial charge >= 0.3 is 0 Å². The molecule has 2 aromatic rings. The van der Waals surface area contributed by atoms with Crippen LogP contribution in [0.5, 0.6) is 5.75 Å². The lowest BCUT2D eigenvalue weighted by molar-refractivity contribution is -0.120. The first-order valence-electron chi connectivity index (χ1n) is 6.82. The zero-order chi connectivity index (χ0) is 15.1. The first-order chi connectivity index (χ1) is 10.2. The van der Waals surface area contributed by atoms with Crippen LogP contribution in [0.3, 0.4) is 0 Å². The highest BCUT2D eigenvalue weighted by Crippen LogP contribution is 2.22. The summed E-state index contributed by atoms with van der Waals surface area (Å²) in [6, 6.07) is 15.3. The molecular weight excluding hydrogens is 286 g/mol. The van der Waals surface area contributed by atoms with Crippen LogP contribution in [-0.2, 0) is 17.6 Å². The van der Waals surface area contributed by atoms with E-state index in [0.29, 0.717) is 24.4 Å². The Morgan fingerprint density at radius 1 is 1.19 bits per heavy atom. The molecule has 0 atom stereocenters. The van der Waals surface area contributed by atoms with Crippen molar-refractivity contribution in [1.29, 1.82) is 0 Å². The van der Waals surface area contributed by atoms with E-state index in [2.05, 4.69) is 5.32 Å². The van der Waals surface area contributed by atoms with Crippen LogP contribution in [0.2, 0.25) is 5.02 Å². The molecule has 0 bridgehead atoms. The molecule has 0 radical (unpaired) electrons. The molecule has 1 amide bonds. The van der Waals surface area contributed by atoms with E-state index in [-0.39, 0.29) is 5.91 Å². The van der Waals surface area contributed by atoms with Crippen molar-refractivity contribution >= 4 is 17.5 Å². The zero-order valence-electron chi connectivity index (χ0n) is 11.9. The van der Waals surface area contributed by atoms with Crippen molar-refractivity contribution in [3.63, 3.8) is 0 Å². The molecule has 0 aromatic heterocycles. The Kier molecular flexibility index (Phi) is 5.64. The number of ether oxygens (including phenoxy) is 1. The summed E-state index contributed by atoms with van der Waals surface area (Å²) in [6.45, 7) is 0.567. The van der Waals surface area contributed by atoms with Gasteiger partial charge in [-0.25, -0.2) is 0 Å². The van der Waals surface area contributed by atoms with Crippen molar-refractivity contribution in [3.05, 3.63) is 64.7 Å². The highest BCUT2D eigenvalue weighted by molar-refractivity contribution is 6.31. The first-order valence-corrected chi connectivity index (χ1v) is 7.20. The SMILES string of the molecule is COc1ccc(CCNC(=O)Cc2ccccc2)c(Cl)c1. The highest BCUT2D eigenvalue weighted by Gasteiger charge is 2.05. The Labute approximate surface area is 129 Å². The molecule has 1 N–H and O–H groups in total. The van der Waals surface area contributed by atoms with Crippen molar-refractivity contribution in [2.24, 2.45) is 0 Å². The third kappa shape index (κ3) is 4.80. The smallest absolute Gasteiger partial charge is 0.224 e. The number of carbonyl (C=O) groups excluding carboxylic acids is 1. The number of benzene rings is 2. The summed E-state index contributed by atoms with van der Waals surface area (Å²) in [7, 11) is 1.61. The van der Waals surface area contributed by atoms with Gasteiger partial charge in [-0.05, 0) is 29.7 Å². The van der Waals surface area contributed by atoms with Gasteiger partial charge in [0.2, 0.25) is 5.91 Å². The second kappa shape index (κ2) is 7.70. The minimum absolute atomic E-state index is 0.0193. The monoisotopic (exact) mass is 303 g/mol. The minimum Gasteiger partial charge on any atom is -0.497 e. The summed E-state index contributed by atoms with van der Waals surface area (Å²) < 4.78 is 5.10. The third-order valence-electron chi connectivity index (χ3n) is 3.18. The highest BCUT2D eigenvalue weighted by atomic mass is 35.5. The molecule has 0 unspecified atom stereocenters. The number of carbonyl (C=O) groups is 1. The van der Waals surface area contributed by atoms with E-state index >= 15 is 0 Å². The predicted molar refractivity (Wildman–Crippen MR) is 84.9 cm³/mol. The molecule has 0 aliphatic carbocycles. The Morgan fingerprint density at radius 2 is 1.95 bits per heavy atom. The second-order valence-corrected chi connectivity index (χ2v) is 5.13. The summed E-state index contributed by atoms with van der Waals surface area (Å²) in [5.41, 5.74) is 2.01. The molecule has 0 fully saturated rings. The summed E-state index contributed by atoms with van der Waals surface area (Å²) in [5, 5.41) is 3.57. The fourth-order valence-electron chi connectivity index (χ4n) is 2.04. The maximum Gasteiger partial charge on any atom is 0.224 e. The lowest BCUT2D eigenvalue weighted by atomic mass is 10.1. The van der Waals surface area contributed by atoms with Crippen LogP contribution in [0, 0.1) is 0 Å². The van der Waals surface area contributed by atoms with Gasteiger partial charge in [0.15, 0.2) is 0 Å². The van der Waals surface area contributed by atoms with Gasteiger partial charge in [0.25, 0.3) is 0 Å². The molecule has 2 rings (SSSR count). The van der Waals surface area contributed by atoms with Crippen molar-refractivity contribution < 1.29 is 9.53 Å². The van der Waals surface area contributed by atoms with E-state index < -0.39 is 0 Å². The second-order valence-electron chi connectivity index (χ2n) is 4.72. The number of hydrogen-bond donors (Lipinski definition) is 1. The number of amides is 1. The summed E-state index contributed by atoms with van der Waals surface area (Å²) >= 11 is 6.16. The van der Waals surface area contributed by atoms with E-state index in [9.17, 15) is 4.79 Å². The Morgan fingerprint density at radius 3 is 2.62 bits per heavy atom. The van der Waals surface area contributed by atoms with Crippen LogP contribution < -0.4 is 10.1 Å². The molecule has 2 aromatic carbocycles. The zero-order valence-corrected chi connectivity index (χ0v) is 12.7. The van der Waals surface area contributed by atoms with Crippen LogP contribution in [0.1, 0.15) is 11.1 Å². The van der Waals surface area contributed by atoms with Gasteiger partial charge in [-0.1, -0.05) is 48.0 Å². The largest absolute Gasteiger partial charge is 0.497 e. The standard InChI is InChI=1S/C17H18ClNO2/c1-21-15-8-7-14(16(18)12-15)9-10-19-17(20)11-13-5-3-2-4-6-13/h2-8,12H,9-11H2,1H3,(H,19,20). The molecule has 0 heterocycles. The van der Waals surface area contributed by atoms with E-state index in [1.54, 1.807) is 13.2 Å². The lowest BCUT2D eigenvalue weighted by Crippen LogP contribution is -2.27. The average Bonchev–Trinajstić information content (AvgIpc) is 2.50. The van der Waals surface area contributed by atoms with Crippen LogP contribution >= 0.6 is 11.6 Å². The van der Waals surface area contributed by atoms with Gasteiger partial charge in [-0.15, -0.1) is 0 Å². The number of nitrogens with one attached hydrogen (secondary N) is 1. The molecule has 0 saturated carbocycles. The number of hydrogen-bond acceptors (Lipinski definition) is 2. The first kappa shape index (κ1) is 15.4. The predicted octanol–water partition coefficient (Wildman–Crippen LogP) is 3.25. The molecular formula is C17H18ClNO2. The van der Waals surface area contributed by atoms with Gasteiger partial charge < -0.3 is 10.1 Å². The average molecular weight is 304 g/mol. The van der Waals surface area contributed by atoms with Crippen LogP contribution in [0.15, 0.2) is 48.5 Å². The Balaban J connectivity index is 1.80. The quantitative estimate of drug-likeness (QED) is 0.889. The molecule has 3 nitrogen and oxygen atoms in total. The summed E-state index contributed by atoms with van der Waals surface area (Å²) in [6.07, 6.45) is 1.10. The minimum atomic E-state index is 0.0193. The fraction of sp³-hybridized carbons (Fsp3) is 0.235. The molecule has 110 valence electrons. The van der Waals surface area contributed by atoms with E-state index in [1.165, 1.54) is 0 Å². The van der Waals surface area contributed by atoms with Crippen LogP contribution in [0.4, 0.5) is 0 Å². The van der Waals surface area contributed by atoms with Gasteiger partial charge in [-0.2, -0.15) is 0 Å². The molecule has 0 spiro atoms. The van der Waals surface area contributed by atoms with E-state index in [0.717, 1.165) is 16.9 Å². The summed E-state index contributed by atoms with van der Waals surface area (Å²) in [4.78, 5) is 11.8. The van der Waals surface area contributed by atoms with Crippen molar-refractivity contribution in [2.45, 2.75) is 12.8 Å². The molecule has 0 aliphatic heterocycles. The van der Waals surface area contributed by atoms with Gasteiger partial charge in [0.1, 0.15) is 5.75 Å². The van der Waals surface area contributed by atoms with Crippen molar-refractivity contribution in [2.75, 3.05) is 13.7 Å². The number of methoxy groups -OCH3 is 1. The third-order valence-corrected chi connectivity index (χ3v) is 3.54. The van der Waals surface area contributed by atoms with E-state index in [4.69, 9.17) is 16.3 Å². The van der Waals surface area contributed by atoms with Crippen LogP contribution in [-0.4, -0.2) is 19.6 Å². The molecule has 4 heteroatoms. The molecule has 21 heavy (non-hydrogen) atoms. The van der Waals surface area contributed by atoms with Gasteiger partial charge in [0.05, 0.1) is 13.5 Å². The van der Waals surface area contributed by atoms with Gasteiger partial charge in [0, 0.05) is 11.6 Å². The maximum atomic E-state index is 11.8. The maximum absolute atomic E-state index is 11.8. The Hall–Kier alpha value is -2.00. The van der Waals surface area contributed by atoms with Crippen molar-refractivity contribution in [3.8, 4) is 5.75 Å². The Bertz CT molecular complexity index is 599. The van der Waals surface area contributed by atoms with Gasteiger partial charge in [-0.3, -0.25) is 4.79 Å².